The number of aromatic nitrogens is 1. The Morgan fingerprint density at radius 3 is 2.41 bits per heavy atom. The van der Waals surface area contributed by atoms with Crippen molar-refractivity contribution in [2.24, 2.45) is 11.3 Å². The maximum atomic E-state index is 14.3. The number of benzene rings is 1. The molecule has 51 heavy (non-hydrogen) atoms. The predicted octanol–water partition coefficient (Wildman–Crippen LogP) is 6.48. The third-order valence-electron chi connectivity index (χ3n) is 8.82. The molecule has 0 aliphatic carbocycles. The number of amides is 3. The number of carbonyl (C=O) groups excluding carboxylic acids is 3. The topological polar surface area (TPSA) is 184 Å². The molecule has 2 aromatic rings. The summed E-state index contributed by atoms with van der Waals surface area (Å²) >= 11 is 1.13. The van der Waals surface area contributed by atoms with Crippen molar-refractivity contribution < 1.29 is 38.5 Å². The summed E-state index contributed by atoms with van der Waals surface area (Å²) in [6, 6.07) is 3.31. The van der Waals surface area contributed by atoms with E-state index in [0.717, 1.165) is 49.9 Å². The Bertz CT molecular complexity index is 1420. The molecule has 6 N–H and O–H groups in total. The van der Waals surface area contributed by atoms with E-state index in [1.807, 2.05) is 25.7 Å². The number of carboxylic acid groups (broad SMARTS) is 1. The van der Waals surface area contributed by atoms with Crippen LogP contribution in [0.3, 0.4) is 0 Å². The molecule has 0 fully saturated rings. The first kappa shape index (κ1) is 43.4. The Morgan fingerprint density at radius 2 is 1.80 bits per heavy atom. The molecule has 0 saturated heterocycles. The average Bonchev–Trinajstić information content (AvgIpc) is 3.57. The van der Waals surface area contributed by atoms with E-state index in [1.165, 1.54) is 17.5 Å². The Balaban J connectivity index is 2.42. The Morgan fingerprint density at radius 1 is 1.10 bits per heavy atom. The number of nitrogens with two attached hydrogens (primary N) is 1. The molecule has 1 aromatic carbocycles. The second-order valence-electron chi connectivity index (χ2n) is 14.0. The number of aliphatic hydroxyl groups excluding tert-OH is 1. The molecule has 2 rings (SSSR count). The third kappa shape index (κ3) is 14.4. The van der Waals surface area contributed by atoms with Crippen LogP contribution in [0.15, 0.2) is 23.6 Å². The maximum Gasteiger partial charge on any atom is 0.407 e. The summed E-state index contributed by atoms with van der Waals surface area (Å²) < 4.78 is 20.1. The van der Waals surface area contributed by atoms with Crippen molar-refractivity contribution in [3.05, 3.63) is 45.7 Å². The van der Waals surface area contributed by atoms with Gasteiger partial charge in [0.05, 0.1) is 17.7 Å². The van der Waals surface area contributed by atoms with E-state index in [-0.39, 0.29) is 61.7 Å². The van der Waals surface area contributed by atoms with Gasteiger partial charge in [0.25, 0.3) is 5.91 Å². The zero-order valence-electron chi connectivity index (χ0n) is 31.0. The fourth-order valence-corrected chi connectivity index (χ4v) is 6.66. The average molecular weight is 736 g/mol. The van der Waals surface area contributed by atoms with Crippen molar-refractivity contribution in [2.45, 2.75) is 124 Å². The van der Waals surface area contributed by atoms with Crippen LogP contribution in [-0.2, 0) is 20.7 Å². The van der Waals surface area contributed by atoms with Gasteiger partial charge in [0.1, 0.15) is 16.5 Å². The van der Waals surface area contributed by atoms with Crippen molar-refractivity contribution in [1.29, 1.82) is 0 Å². The smallest absolute Gasteiger partial charge is 0.407 e. The van der Waals surface area contributed by atoms with Gasteiger partial charge in [-0.3, -0.25) is 14.4 Å². The van der Waals surface area contributed by atoms with Gasteiger partial charge in [-0.15, -0.1) is 11.3 Å². The highest BCUT2D eigenvalue weighted by Crippen LogP contribution is 2.32. The lowest BCUT2D eigenvalue weighted by atomic mass is 9.84. The first-order valence-corrected chi connectivity index (χ1v) is 18.9. The summed E-state index contributed by atoms with van der Waals surface area (Å²) in [5.74, 6) is -2.18. The van der Waals surface area contributed by atoms with E-state index in [2.05, 4.69) is 22.5 Å². The van der Waals surface area contributed by atoms with Crippen LogP contribution in [-0.4, -0.2) is 75.8 Å². The van der Waals surface area contributed by atoms with Gasteiger partial charge < -0.3 is 36.2 Å². The maximum absolute atomic E-state index is 14.3. The molecule has 0 saturated carbocycles. The van der Waals surface area contributed by atoms with E-state index >= 15 is 0 Å². The molecule has 0 spiro atoms. The van der Waals surface area contributed by atoms with Crippen molar-refractivity contribution >= 4 is 40.9 Å². The first-order chi connectivity index (χ1) is 24.1. The second kappa shape index (κ2) is 21.6. The van der Waals surface area contributed by atoms with Gasteiger partial charge in [0.15, 0.2) is 6.10 Å². The minimum Gasteiger partial charge on any atom is -0.481 e. The number of nitrogens with zero attached hydrogens (tertiary/aromatic N) is 2. The lowest BCUT2D eigenvalue weighted by Gasteiger charge is -2.36. The molecule has 3 atom stereocenters. The van der Waals surface area contributed by atoms with Crippen LogP contribution in [0.4, 0.5) is 14.9 Å². The van der Waals surface area contributed by atoms with Crippen molar-refractivity contribution in [3.63, 3.8) is 0 Å². The van der Waals surface area contributed by atoms with Crippen LogP contribution in [0.5, 0.6) is 0 Å². The minimum absolute atomic E-state index is 0.00704. The number of aliphatic carboxylic acids is 1. The molecule has 1 aromatic heterocycles. The number of thiazole rings is 1. The van der Waals surface area contributed by atoms with Gasteiger partial charge in [0, 0.05) is 43.4 Å². The zero-order chi connectivity index (χ0) is 38.1. The van der Waals surface area contributed by atoms with Crippen LogP contribution >= 0.6 is 11.3 Å². The SMILES string of the molecule is CCCCCCN(C(=O)CCCC)C(CC(OC(=O)NCCO)c1nc(C(=O)NC(Cc2ccc(N)c(F)c2)CC(C)(C)C(=O)O)cs1)C(C)C. The number of hydrogen-bond donors (Lipinski definition) is 5. The molecule has 12 nitrogen and oxygen atoms in total. The minimum atomic E-state index is -1.21. The van der Waals surface area contributed by atoms with E-state index < -0.39 is 41.3 Å². The number of ether oxygens (including phenoxy) is 1. The highest BCUT2D eigenvalue weighted by Gasteiger charge is 2.34. The summed E-state index contributed by atoms with van der Waals surface area (Å²) in [6.07, 6.45) is 4.78. The van der Waals surface area contributed by atoms with E-state index in [4.69, 9.17) is 10.5 Å². The number of nitrogen functional groups attached to an aromatic ring is 1. The lowest BCUT2D eigenvalue weighted by Crippen LogP contribution is -2.45. The molecule has 0 bridgehead atoms. The molecule has 0 radical (unpaired) electrons. The number of rotatable bonds is 23. The number of unbranched alkanes of at least 4 members (excludes halogenated alkanes) is 4. The number of alkyl carbamates (subject to hydrolysis) is 1. The number of carbonyl (C=O) groups is 4. The van der Waals surface area contributed by atoms with Crippen LogP contribution in [0, 0.1) is 17.2 Å². The van der Waals surface area contributed by atoms with Crippen LogP contribution in [0.25, 0.3) is 0 Å². The molecule has 14 heteroatoms. The second-order valence-corrected chi connectivity index (χ2v) is 14.9. The molecule has 3 unspecified atom stereocenters. The summed E-state index contributed by atoms with van der Waals surface area (Å²) in [4.78, 5) is 58.4. The molecule has 0 aliphatic rings. The Kier molecular flexibility index (Phi) is 18.3. The highest BCUT2D eigenvalue weighted by atomic mass is 32.1. The van der Waals surface area contributed by atoms with Gasteiger partial charge in [0.2, 0.25) is 5.91 Å². The fraction of sp³-hybridized carbons (Fsp3) is 0.649. The molecule has 1 heterocycles. The molecule has 3 amide bonds. The van der Waals surface area contributed by atoms with Crippen molar-refractivity contribution in [1.82, 2.24) is 20.5 Å². The molecular weight excluding hydrogens is 678 g/mol. The number of carboxylic acids is 1. The molecule has 286 valence electrons. The highest BCUT2D eigenvalue weighted by molar-refractivity contribution is 7.09. The summed E-state index contributed by atoms with van der Waals surface area (Å²) in [5.41, 5.74) is 4.97. The number of anilines is 1. The Hall–Kier alpha value is -3.78. The molecular formula is C37H58FN5O7S. The van der Waals surface area contributed by atoms with Crippen LogP contribution < -0.4 is 16.4 Å². The van der Waals surface area contributed by atoms with E-state index in [1.54, 1.807) is 19.9 Å². The fourth-order valence-electron chi connectivity index (χ4n) is 5.82. The van der Waals surface area contributed by atoms with E-state index in [0.29, 0.717) is 23.5 Å². The first-order valence-electron chi connectivity index (χ1n) is 18.0. The standard InChI is InChI=1S/C37H58FN5O7S/c1-7-9-11-12-17-43(32(45)13-10-8-2)30(24(3)4)21-31(50-36(49)40-16-18-44)34-42-29(23-51-34)33(46)41-26(22-37(5,6)35(47)48)19-25-14-15-28(39)27(38)20-25/h14-15,20,23-24,26,30-31,44H,7-13,16-19,21-22,39H2,1-6H3,(H,40,49)(H,41,46)(H,47,48). The summed E-state index contributed by atoms with van der Waals surface area (Å²) in [5, 5.41) is 26.3. The number of hydrogen-bond acceptors (Lipinski definition) is 9. The van der Waals surface area contributed by atoms with Gasteiger partial charge in [-0.2, -0.15) is 0 Å². The molecule has 0 aliphatic heterocycles. The van der Waals surface area contributed by atoms with Crippen molar-refractivity contribution in [2.75, 3.05) is 25.4 Å². The van der Waals surface area contributed by atoms with Gasteiger partial charge >= 0.3 is 12.1 Å². The normalized spacial score (nSPS) is 13.4. The summed E-state index contributed by atoms with van der Waals surface area (Å²) in [7, 11) is 0. The third-order valence-corrected chi connectivity index (χ3v) is 9.76. The van der Waals surface area contributed by atoms with E-state index in [9.17, 15) is 33.8 Å². The monoisotopic (exact) mass is 735 g/mol. The van der Waals surface area contributed by atoms with Crippen molar-refractivity contribution in [3.8, 4) is 0 Å². The van der Waals surface area contributed by atoms with Gasteiger partial charge in [-0.05, 0) is 63.1 Å². The largest absolute Gasteiger partial charge is 0.481 e. The lowest BCUT2D eigenvalue weighted by molar-refractivity contribution is -0.147. The number of nitrogens with one attached hydrogen (secondary N) is 2. The Labute approximate surface area is 305 Å². The number of aliphatic hydroxyl groups is 1. The van der Waals surface area contributed by atoms with Gasteiger partial charge in [-0.25, -0.2) is 14.2 Å². The predicted molar refractivity (Wildman–Crippen MR) is 197 cm³/mol. The van der Waals surface area contributed by atoms with Crippen LogP contribution in [0.2, 0.25) is 0 Å². The van der Waals surface area contributed by atoms with Crippen LogP contribution in [0.1, 0.15) is 126 Å². The summed E-state index contributed by atoms with van der Waals surface area (Å²) in [6.45, 7) is 11.6. The number of halogens is 1. The zero-order valence-corrected chi connectivity index (χ0v) is 31.8. The van der Waals surface area contributed by atoms with Gasteiger partial charge in [-0.1, -0.05) is 59.4 Å². The quantitative estimate of drug-likeness (QED) is 0.0630.